The average molecular weight is 263 g/mol. The minimum Gasteiger partial charge on any atom is -0.211 e. The van der Waals surface area contributed by atoms with Gasteiger partial charge in [-0.05, 0) is 42.3 Å². The van der Waals surface area contributed by atoms with E-state index in [-0.39, 0.29) is 5.92 Å². The molecule has 1 radical (unpaired) electrons. The molecule has 0 aliphatic rings. The molecule has 2 aromatic carbocycles. The first-order chi connectivity index (χ1) is 9.74. The predicted molar refractivity (Wildman–Crippen MR) is 75.6 cm³/mol. The second kappa shape index (κ2) is 6.39. The zero-order chi connectivity index (χ0) is 14.4. The summed E-state index contributed by atoms with van der Waals surface area (Å²) < 4.78 is 0. The molecule has 0 atom stereocenters. The Bertz CT molecular complexity index is 616. The molecular formula is C16H11N2O2. The van der Waals surface area contributed by atoms with E-state index >= 15 is 0 Å². The third kappa shape index (κ3) is 3.15. The van der Waals surface area contributed by atoms with Gasteiger partial charge in [0.1, 0.15) is 0 Å². The standard InChI is InChI=1S/C16H11N2O2/c1-12(13-2-6-15(7-3-13)17-10-19)14-4-8-16(9-5-14)18-11-20/h2-9,12H,1H2. The van der Waals surface area contributed by atoms with Crippen LogP contribution in [0, 0.1) is 6.92 Å². The van der Waals surface area contributed by atoms with E-state index in [1.54, 1.807) is 24.3 Å². The third-order valence-corrected chi connectivity index (χ3v) is 2.94. The average Bonchev–Trinajstić information content (AvgIpc) is 2.49. The minimum absolute atomic E-state index is 0.0569. The summed E-state index contributed by atoms with van der Waals surface area (Å²) in [6.07, 6.45) is 3.00. The Morgan fingerprint density at radius 3 is 1.40 bits per heavy atom. The van der Waals surface area contributed by atoms with E-state index in [2.05, 4.69) is 16.9 Å². The van der Waals surface area contributed by atoms with E-state index < -0.39 is 0 Å². The second-order valence-electron chi connectivity index (χ2n) is 4.14. The van der Waals surface area contributed by atoms with E-state index in [0.29, 0.717) is 11.4 Å². The van der Waals surface area contributed by atoms with Crippen molar-refractivity contribution in [1.82, 2.24) is 0 Å². The summed E-state index contributed by atoms with van der Waals surface area (Å²) in [6.45, 7) is 4.11. The predicted octanol–water partition coefficient (Wildman–Crippen LogP) is 3.59. The van der Waals surface area contributed by atoms with Gasteiger partial charge in [-0.1, -0.05) is 24.3 Å². The number of hydrogen-bond donors (Lipinski definition) is 0. The molecule has 2 aromatic rings. The highest BCUT2D eigenvalue weighted by Crippen LogP contribution is 2.26. The number of isocyanates is 2. The SMILES string of the molecule is [CH2]C(c1ccc(N=C=O)cc1)c1ccc(N=C=O)cc1. The lowest BCUT2D eigenvalue weighted by atomic mass is 9.93. The van der Waals surface area contributed by atoms with Crippen molar-refractivity contribution in [3.05, 3.63) is 66.6 Å². The monoisotopic (exact) mass is 263 g/mol. The lowest BCUT2D eigenvalue weighted by Crippen LogP contribution is -1.95. The first kappa shape index (κ1) is 13.6. The van der Waals surface area contributed by atoms with Gasteiger partial charge >= 0.3 is 0 Å². The van der Waals surface area contributed by atoms with Crippen LogP contribution in [-0.4, -0.2) is 12.2 Å². The number of benzene rings is 2. The summed E-state index contributed by atoms with van der Waals surface area (Å²) in [5, 5.41) is 0. The number of aliphatic imine (C=N–C) groups is 2. The molecular weight excluding hydrogens is 252 g/mol. The van der Waals surface area contributed by atoms with Crippen molar-refractivity contribution >= 4 is 23.5 Å². The van der Waals surface area contributed by atoms with E-state index in [9.17, 15) is 9.59 Å². The first-order valence-corrected chi connectivity index (χ1v) is 5.93. The first-order valence-electron chi connectivity index (χ1n) is 5.93. The smallest absolute Gasteiger partial charge is 0.211 e. The summed E-state index contributed by atoms with van der Waals surface area (Å²) in [4.78, 5) is 27.4. The third-order valence-electron chi connectivity index (χ3n) is 2.94. The van der Waals surface area contributed by atoms with Crippen LogP contribution in [0.15, 0.2) is 58.5 Å². The van der Waals surface area contributed by atoms with Crippen molar-refractivity contribution in [2.45, 2.75) is 5.92 Å². The Morgan fingerprint density at radius 2 is 1.10 bits per heavy atom. The number of carbonyl (C=O) groups excluding carboxylic acids is 2. The van der Waals surface area contributed by atoms with Gasteiger partial charge < -0.3 is 0 Å². The van der Waals surface area contributed by atoms with Crippen molar-refractivity contribution < 1.29 is 9.59 Å². The number of hydrogen-bond acceptors (Lipinski definition) is 4. The highest BCUT2D eigenvalue weighted by Gasteiger charge is 2.08. The molecule has 4 heteroatoms. The van der Waals surface area contributed by atoms with Crippen LogP contribution in [0.4, 0.5) is 11.4 Å². The molecule has 0 bridgehead atoms. The molecule has 0 amide bonds. The van der Waals surface area contributed by atoms with Gasteiger partial charge in [0.25, 0.3) is 0 Å². The van der Waals surface area contributed by atoms with E-state index in [1.165, 1.54) is 12.2 Å². The van der Waals surface area contributed by atoms with Gasteiger partial charge in [0.05, 0.1) is 11.4 Å². The lowest BCUT2D eigenvalue weighted by Gasteiger charge is -2.12. The zero-order valence-corrected chi connectivity index (χ0v) is 10.6. The Morgan fingerprint density at radius 1 is 0.750 bits per heavy atom. The van der Waals surface area contributed by atoms with Crippen LogP contribution in [0.1, 0.15) is 17.0 Å². The van der Waals surface area contributed by atoms with Gasteiger partial charge in [0.2, 0.25) is 12.2 Å². The Labute approximate surface area is 116 Å². The van der Waals surface area contributed by atoms with Crippen molar-refractivity contribution in [2.24, 2.45) is 9.98 Å². The summed E-state index contributed by atoms with van der Waals surface area (Å²) in [7, 11) is 0. The molecule has 0 unspecified atom stereocenters. The molecule has 0 aliphatic heterocycles. The van der Waals surface area contributed by atoms with Crippen molar-refractivity contribution in [3.63, 3.8) is 0 Å². The summed E-state index contributed by atoms with van der Waals surface area (Å²) in [6, 6.07) is 14.4. The van der Waals surface area contributed by atoms with Crippen LogP contribution >= 0.6 is 0 Å². The minimum atomic E-state index is -0.0569. The van der Waals surface area contributed by atoms with E-state index in [0.717, 1.165) is 11.1 Å². The van der Waals surface area contributed by atoms with Crippen LogP contribution < -0.4 is 0 Å². The molecule has 20 heavy (non-hydrogen) atoms. The van der Waals surface area contributed by atoms with Crippen LogP contribution in [-0.2, 0) is 9.59 Å². The maximum Gasteiger partial charge on any atom is 0.240 e. The molecule has 0 N–H and O–H groups in total. The van der Waals surface area contributed by atoms with Gasteiger partial charge in [-0.3, -0.25) is 0 Å². The molecule has 2 rings (SSSR count). The van der Waals surface area contributed by atoms with E-state index in [4.69, 9.17) is 0 Å². The summed E-state index contributed by atoms with van der Waals surface area (Å²) in [5.74, 6) is -0.0569. The van der Waals surface area contributed by atoms with Gasteiger partial charge in [-0.2, -0.15) is 9.98 Å². The normalized spacial score (nSPS) is 11.1. The largest absolute Gasteiger partial charge is 0.240 e. The summed E-state index contributed by atoms with van der Waals surface area (Å²) >= 11 is 0. The van der Waals surface area contributed by atoms with Gasteiger partial charge in [-0.25, -0.2) is 9.59 Å². The number of rotatable bonds is 4. The van der Waals surface area contributed by atoms with Crippen molar-refractivity contribution in [1.29, 1.82) is 0 Å². The maximum atomic E-state index is 10.2. The Kier molecular flexibility index (Phi) is 4.35. The lowest BCUT2D eigenvalue weighted by molar-refractivity contribution is 0.564. The van der Waals surface area contributed by atoms with Crippen LogP contribution in [0.25, 0.3) is 0 Å². The molecule has 0 aliphatic carbocycles. The molecule has 0 aromatic heterocycles. The molecule has 0 spiro atoms. The fourth-order valence-corrected chi connectivity index (χ4v) is 1.86. The highest BCUT2D eigenvalue weighted by atomic mass is 16.1. The topological polar surface area (TPSA) is 58.9 Å². The van der Waals surface area contributed by atoms with Crippen LogP contribution in [0.3, 0.4) is 0 Å². The quantitative estimate of drug-likeness (QED) is 0.625. The van der Waals surface area contributed by atoms with Crippen LogP contribution in [0.2, 0.25) is 0 Å². The van der Waals surface area contributed by atoms with Crippen LogP contribution in [0.5, 0.6) is 0 Å². The Hall–Kier alpha value is -2.80. The highest BCUT2D eigenvalue weighted by molar-refractivity contribution is 5.52. The second-order valence-corrected chi connectivity index (χ2v) is 4.14. The molecule has 0 heterocycles. The van der Waals surface area contributed by atoms with Crippen molar-refractivity contribution in [3.8, 4) is 0 Å². The summed E-state index contributed by atoms with van der Waals surface area (Å²) in [5.41, 5.74) is 3.13. The molecule has 4 nitrogen and oxygen atoms in total. The van der Waals surface area contributed by atoms with Gasteiger partial charge in [0.15, 0.2) is 0 Å². The number of nitrogens with zero attached hydrogens (tertiary/aromatic N) is 2. The van der Waals surface area contributed by atoms with E-state index in [1.807, 2.05) is 24.3 Å². The maximum absolute atomic E-state index is 10.2. The Balaban J connectivity index is 2.23. The zero-order valence-electron chi connectivity index (χ0n) is 10.6. The van der Waals surface area contributed by atoms with Gasteiger partial charge in [-0.15, -0.1) is 0 Å². The molecule has 0 saturated heterocycles. The van der Waals surface area contributed by atoms with Crippen molar-refractivity contribution in [2.75, 3.05) is 0 Å². The molecule has 0 fully saturated rings. The fraction of sp³-hybridized carbons (Fsp3) is 0.0625. The van der Waals surface area contributed by atoms with Gasteiger partial charge in [0, 0.05) is 5.92 Å². The molecule has 0 saturated carbocycles. The molecule has 97 valence electrons. The fourth-order valence-electron chi connectivity index (χ4n) is 1.86.